The maximum absolute atomic E-state index is 12.7. The second-order valence-electron chi connectivity index (χ2n) is 6.40. The van der Waals surface area contributed by atoms with Crippen LogP contribution in [-0.2, 0) is 4.79 Å². The van der Waals surface area contributed by atoms with Crippen LogP contribution in [0.25, 0.3) is 10.2 Å². The van der Waals surface area contributed by atoms with Crippen molar-refractivity contribution >= 4 is 50.0 Å². The van der Waals surface area contributed by atoms with Crippen molar-refractivity contribution in [3.05, 3.63) is 42.5 Å². The zero-order valence-electron chi connectivity index (χ0n) is 15.3. The van der Waals surface area contributed by atoms with Crippen LogP contribution in [0.4, 0.5) is 10.8 Å². The average molecular weight is 400 g/mol. The number of nitrogens with one attached hydrogen (secondary N) is 1. The molecule has 0 unspecified atom stereocenters. The van der Waals surface area contributed by atoms with Crippen molar-refractivity contribution in [1.82, 2.24) is 4.98 Å². The van der Waals surface area contributed by atoms with Gasteiger partial charge in [-0.25, -0.2) is 4.98 Å². The van der Waals surface area contributed by atoms with Gasteiger partial charge in [0.2, 0.25) is 5.91 Å². The van der Waals surface area contributed by atoms with Crippen LogP contribution in [0.15, 0.2) is 47.4 Å². The van der Waals surface area contributed by atoms with E-state index < -0.39 is 0 Å². The molecule has 1 N–H and O–H groups in total. The maximum Gasteiger partial charge on any atom is 0.245 e. The molecule has 27 heavy (non-hydrogen) atoms. The number of para-hydroxylation sites is 1. The minimum absolute atomic E-state index is 0.0439. The van der Waals surface area contributed by atoms with Gasteiger partial charge in [-0.3, -0.25) is 4.79 Å². The summed E-state index contributed by atoms with van der Waals surface area (Å²) in [5.41, 5.74) is 2.00. The lowest BCUT2D eigenvalue weighted by atomic mass is 10.2. The van der Waals surface area contributed by atoms with Gasteiger partial charge < -0.3 is 15.0 Å². The molecule has 0 aliphatic carbocycles. The number of fused-ring (bicyclic) bond motifs is 2. The highest BCUT2D eigenvalue weighted by Crippen LogP contribution is 2.39. The number of hydrogen-bond acceptors (Lipinski definition) is 6. The monoisotopic (exact) mass is 399 g/mol. The highest BCUT2D eigenvalue weighted by molar-refractivity contribution is 8.00. The molecule has 7 heteroatoms. The van der Waals surface area contributed by atoms with Crippen LogP contribution >= 0.6 is 23.1 Å². The van der Waals surface area contributed by atoms with E-state index >= 15 is 0 Å². The lowest BCUT2D eigenvalue weighted by Crippen LogP contribution is -2.40. The summed E-state index contributed by atoms with van der Waals surface area (Å²) >= 11 is 3.36. The van der Waals surface area contributed by atoms with Crippen molar-refractivity contribution < 1.29 is 9.53 Å². The van der Waals surface area contributed by atoms with Crippen molar-refractivity contribution in [2.75, 3.05) is 30.4 Å². The number of hydrogen-bond donors (Lipinski definition) is 1. The Bertz CT molecular complexity index is 973. The van der Waals surface area contributed by atoms with Crippen LogP contribution in [0.3, 0.4) is 0 Å². The molecule has 3 aromatic rings. The van der Waals surface area contributed by atoms with Gasteiger partial charge in [0.05, 0.1) is 29.6 Å². The third kappa shape index (κ3) is 3.89. The number of aromatic nitrogens is 1. The van der Waals surface area contributed by atoms with E-state index in [9.17, 15) is 4.79 Å². The Kier molecular flexibility index (Phi) is 5.22. The molecule has 0 saturated carbocycles. The van der Waals surface area contributed by atoms with Gasteiger partial charge in [-0.2, -0.15) is 0 Å². The number of thioether (sulfide) groups is 1. The topological polar surface area (TPSA) is 54.5 Å². The van der Waals surface area contributed by atoms with Crippen molar-refractivity contribution in [2.45, 2.75) is 23.5 Å². The number of ether oxygens (including phenoxy) is 1. The summed E-state index contributed by atoms with van der Waals surface area (Å²) in [5, 5.41) is 4.08. The van der Waals surface area contributed by atoms with E-state index in [0.29, 0.717) is 16.9 Å². The molecule has 2 heterocycles. The van der Waals surface area contributed by atoms with Crippen LogP contribution < -0.4 is 15.0 Å². The fourth-order valence-electron chi connectivity index (χ4n) is 3.16. The molecular weight excluding hydrogens is 378 g/mol. The van der Waals surface area contributed by atoms with Crippen LogP contribution in [0, 0.1) is 0 Å². The minimum atomic E-state index is -0.0439. The van der Waals surface area contributed by atoms with Gasteiger partial charge in [0.25, 0.3) is 0 Å². The van der Waals surface area contributed by atoms with Gasteiger partial charge in [0.1, 0.15) is 5.75 Å². The van der Waals surface area contributed by atoms with Crippen LogP contribution in [0.5, 0.6) is 5.75 Å². The van der Waals surface area contributed by atoms with Crippen molar-refractivity contribution in [3.63, 3.8) is 0 Å². The van der Waals surface area contributed by atoms with E-state index in [4.69, 9.17) is 4.74 Å². The molecule has 1 aromatic heterocycles. The lowest BCUT2D eigenvalue weighted by molar-refractivity contribution is -0.115. The highest BCUT2D eigenvalue weighted by Gasteiger charge is 2.25. The Morgan fingerprint density at radius 2 is 2.19 bits per heavy atom. The van der Waals surface area contributed by atoms with Crippen LogP contribution in [0.2, 0.25) is 0 Å². The normalized spacial score (nSPS) is 16.2. The lowest BCUT2D eigenvalue weighted by Gasteiger charge is -2.34. The van der Waals surface area contributed by atoms with Crippen LogP contribution in [0.1, 0.15) is 13.3 Å². The largest absolute Gasteiger partial charge is 0.497 e. The third-order valence-corrected chi connectivity index (χ3v) is 6.90. The summed E-state index contributed by atoms with van der Waals surface area (Å²) in [6.07, 6.45) is 1.08. The minimum Gasteiger partial charge on any atom is -0.497 e. The number of carbonyl (C=O) groups excluding carboxylic acids is 1. The summed E-state index contributed by atoms with van der Waals surface area (Å²) < 4.78 is 6.25. The molecule has 1 aliphatic rings. The van der Waals surface area contributed by atoms with Crippen molar-refractivity contribution in [1.29, 1.82) is 0 Å². The summed E-state index contributed by atoms with van der Waals surface area (Å²) in [6, 6.07) is 14.0. The summed E-state index contributed by atoms with van der Waals surface area (Å²) in [7, 11) is 1.64. The summed E-state index contributed by atoms with van der Waals surface area (Å²) in [6.45, 7) is 3.40. The Morgan fingerprint density at radius 1 is 1.33 bits per heavy atom. The first-order valence-electron chi connectivity index (χ1n) is 8.91. The molecule has 140 valence electrons. The molecule has 1 atom stereocenters. The zero-order chi connectivity index (χ0) is 18.8. The van der Waals surface area contributed by atoms with Crippen LogP contribution in [-0.4, -0.2) is 36.3 Å². The molecule has 0 fully saturated rings. The quantitative estimate of drug-likeness (QED) is 0.678. The number of anilines is 2. The zero-order valence-corrected chi connectivity index (χ0v) is 16.9. The Balaban J connectivity index is 1.49. The molecule has 1 amide bonds. The number of carbonyl (C=O) groups is 1. The standard InChI is InChI=1S/C20H21N3O2S2/c1-3-14-11-23(16-6-4-5-7-17(16)26-14)12-19(24)22-20-21-15-9-8-13(25-2)10-18(15)27-20/h4-10,14H,3,11-12H2,1-2H3,(H,21,22,24)/t14-/m0/s1. The van der Waals surface area contributed by atoms with Gasteiger partial charge in [-0.1, -0.05) is 30.4 Å². The van der Waals surface area contributed by atoms with Gasteiger partial charge in [0, 0.05) is 16.7 Å². The van der Waals surface area contributed by atoms with E-state index in [0.717, 1.165) is 34.6 Å². The van der Waals surface area contributed by atoms with Gasteiger partial charge in [-0.15, -0.1) is 11.8 Å². The number of benzene rings is 2. The first-order chi connectivity index (χ1) is 13.2. The number of rotatable bonds is 5. The molecule has 2 aromatic carbocycles. The predicted octanol–water partition coefficient (Wildman–Crippen LogP) is 4.63. The highest BCUT2D eigenvalue weighted by atomic mass is 32.2. The Morgan fingerprint density at radius 3 is 3.00 bits per heavy atom. The first kappa shape index (κ1) is 18.1. The van der Waals surface area contributed by atoms with Gasteiger partial charge in [0.15, 0.2) is 5.13 Å². The third-order valence-electron chi connectivity index (χ3n) is 4.56. The number of nitrogens with zero attached hydrogens (tertiary/aromatic N) is 2. The maximum atomic E-state index is 12.7. The number of amides is 1. The van der Waals surface area contributed by atoms with E-state index in [2.05, 4.69) is 40.3 Å². The molecule has 0 spiro atoms. The number of thiazole rings is 1. The van der Waals surface area contributed by atoms with E-state index in [1.165, 1.54) is 16.2 Å². The molecule has 1 aliphatic heterocycles. The molecule has 0 bridgehead atoms. The number of methoxy groups -OCH3 is 1. The fourth-order valence-corrected chi connectivity index (χ4v) is 5.32. The van der Waals surface area contributed by atoms with Crippen molar-refractivity contribution in [2.24, 2.45) is 0 Å². The van der Waals surface area contributed by atoms with Gasteiger partial charge in [-0.05, 0) is 36.8 Å². The molecule has 5 nitrogen and oxygen atoms in total. The van der Waals surface area contributed by atoms with E-state index in [-0.39, 0.29) is 5.91 Å². The molecule has 4 rings (SSSR count). The second kappa shape index (κ2) is 7.78. The Hall–Kier alpha value is -2.25. The molecule has 0 radical (unpaired) electrons. The fraction of sp³-hybridized carbons (Fsp3) is 0.300. The van der Waals surface area contributed by atoms with E-state index in [1.807, 2.05) is 36.0 Å². The average Bonchev–Trinajstić information content (AvgIpc) is 3.08. The van der Waals surface area contributed by atoms with E-state index in [1.54, 1.807) is 7.11 Å². The predicted molar refractivity (Wildman–Crippen MR) is 113 cm³/mol. The SMILES string of the molecule is CC[C@H]1CN(CC(=O)Nc2nc3ccc(OC)cc3s2)c2ccccc2S1. The summed E-state index contributed by atoms with van der Waals surface area (Å²) in [5.74, 6) is 0.745. The first-order valence-corrected chi connectivity index (χ1v) is 10.6. The van der Waals surface area contributed by atoms with Gasteiger partial charge >= 0.3 is 0 Å². The summed E-state index contributed by atoms with van der Waals surface area (Å²) in [4.78, 5) is 20.6. The molecular formula is C20H21N3O2S2. The molecule has 0 saturated heterocycles. The smallest absolute Gasteiger partial charge is 0.245 e. The van der Waals surface area contributed by atoms with Crippen molar-refractivity contribution in [3.8, 4) is 5.75 Å². The second-order valence-corrected chi connectivity index (χ2v) is 8.77. The Labute approximate surface area is 166 Å².